The third-order valence-corrected chi connectivity index (χ3v) is 2.14. The van der Waals surface area contributed by atoms with Crippen LogP contribution in [0.15, 0.2) is 18.2 Å². The Morgan fingerprint density at radius 3 is 2.64 bits per heavy atom. The Labute approximate surface area is 91.5 Å². The third kappa shape index (κ3) is 2.29. The Morgan fingerprint density at radius 2 is 2.14 bits per heavy atom. The number of hydrogen-bond donors (Lipinski definition) is 2. The van der Waals surface area contributed by atoms with Gasteiger partial charge in [-0.2, -0.15) is 0 Å². The van der Waals surface area contributed by atoms with Crippen LogP contribution < -0.4 is 16.2 Å². The van der Waals surface area contributed by atoms with E-state index in [1.807, 2.05) is 0 Å². The van der Waals surface area contributed by atoms with Crippen LogP contribution >= 0.6 is 23.2 Å². The van der Waals surface area contributed by atoms with E-state index in [4.69, 9.17) is 29.0 Å². The molecule has 0 aromatic heterocycles. The molecule has 0 unspecified atom stereocenters. The number of rotatable bonds is 1. The molecular weight excluding hydrogens is 225 g/mol. The first kappa shape index (κ1) is 11.1. The average molecular weight is 234 g/mol. The SMILES string of the molecule is CNC(=O)N(N)c1ccc(Cl)cc1Cl. The van der Waals surface area contributed by atoms with Crippen LogP contribution in [0.2, 0.25) is 10.0 Å². The lowest BCUT2D eigenvalue weighted by molar-refractivity contribution is 0.248. The number of urea groups is 1. The zero-order chi connectivity index (χ0) is 10.7. The lowest BCUT2D eigenvalue weighted by Crippen LogP contribution is -2.43. The number of halogens is 2. The maximum atomic E-state index is 11.1. The van der Waals surface area contributed by atoms with Gasteiger partial charge in [0, 0.05) is 12.1 Å². The van der Waals surface area contributed by atoms with Gasteiger partial charge in [0.25, 0.3) is 0 Å². The quantitative estimate of drug-likeness (QED) is 0.443. The van der Waals surface area contributed by atoms with E-state index in [1.54, 1.807) is 12.1 Å². The number of nitrogens with two attached hydrogens (primary N) is 1. The second kappa shape index (κ2) is 4.50. The molecule has 0 aliphatic heterocycles. The van der Waals surface area contributed by atoms with E-state index in [9.17, 15) is 4.79 Å². The van der Waals surface area contributed by atoms with Crippen molar-refractivity contribution in [1.82, 2.24) is 5.32 Å². The van der Waals surface area contributed by atoms with E-state index in [1.165, 1.54) is 13.1 Å². The first-order chi connectivity index (χ1) is 6.56. The smallest absolute Gasteiger partial charge is 0.336 e. The van der Waals surface area contributed by atoms with Crippen LogP contribution in [-0.4, -0.2) is 13.1 Å². The molecule has 1 aromatic rings. The normalized spacial score (nSPS) is 9.71. The van der Waals surface area contributed by atoms with E-state index in [2.05, 4.69) is 5.32 Å². The zero-order valence-electron chi connectivity index (χ0n) is 7.42. The predicted octanol–water partition coefficient (Wildman–Crippen LogP) is 2.01. The molecule has 0 fully saturated rings. The maximum absolute atomic E-state index is 11.1. The number of benzene rings is 1. The molecule has 0 saturated carbocycles. The molecule has 0 atom stereocenters. The number of carbonyl (C=O) groups is 1. The lowest BCUT2D eigenvalue weighted by atomic mass is 10.3. The van der Waals surface area contributed by atoms with Gasteiger partial charge in [-0.3, -0.25) is 0 Å². The molecule has 0 aliphatic carbocycles. The van der Waals surface area contributed by atoms with Crippen LogP contribution in [0.25, 0.3) is 0 Å². The molecule has 76 valence electrons. The van der Waals surface area contributed by atoms with Gasteiger partial charge in [0.1, 0.15) is 0 Å². The van der Waals surface area contributed by atoms with Crippen LogP contribution in [0.3, 0.4) is 0 Å². The van der Waals surface area contributed by atoms with Gasteiger partial charge in [-0.05, 0) is 18.2 Å². The molecule has 0 heterocycles. The summed E-state index contributed by atoms with van der Waals surface area (Å²) < 4.78 is 0. The minimum Gasteiger partial charge on any atom is -0.340 e. The van der Waals surface area contributed by atoms with Crippen molar-refractivity contribution < 1.29 is 4.79 Å². The van der Waals surface area contributed by atoms with Crippen LogP contribution in [-0.2, 0) is 0 Å². The van der Waals surface area contributed by atoms with Crippen molar-refractivity contribution in [3.05, 3.63) is 28.2 Å². The maximum Gasteiger partial charge on any atom is 0.336 e. The zero-order valence-corrected chi connectivity index (χ0v) is 8.93. The first-order valence-corrected chi connectivity index (χ1v) is 4.53. The number of anilines is 1. The standard InChI is InChI=1S/C8H9Cl2N3O/c1-12-8(14)13(11)7-3-2-5(9)4-6(7)10/h2-4H,11H2,1H3,(H,12,14). The van der Waals surface area contributed by atoms with Crippen molar-refractivity contribution in [2.75, 3.05) is 12.1 Å². The van der Waals surface area contributed by atoms with E-state index in [0.29, 0.717) is 15.7 Å². The second-order valence-corrected chi connectivity index (χ2v) is 3.36. The number of nitrogens with zero attached hydrogens (tertiary/aromatic N) is 1. The van der Waals surface area contributed by atoms with Crippen molar-refractivity contribution in [2.24, 2.45) is 5.84 Å². The summed E-state index contributed by atoms with van der Waals surface area (Å²) in [5, 5.41) is 4.10. The summed E-state index contributed by atoms with van der Waals surface area (Å²) in [6, 6.07) is 4.24. The molecule has 3 N–H and O–H groups in total. The Morgan fingerprint density at radius 1 is 1.50 bits per heavy atom. The highest BCUT2D eigenvalue weighted by Gasteiger charge is 2.12. The number of nitrogens with one attached hydrogen (secondary N) is 1. The molecule has 1 aromatic carbocycles. The monoisotopic (exact) mass is 233 g/mol. The number of hydrogen-bond acceptors (Lipinski definition) is 2. The Kier molecular flexibility index (Phi) is 3.57. The molecular formula is C8H9Cl2N3O. The van der Waals surface area contributed by atoms with Gasteiger partial charge in [0.2, 0.25) is 0 Å². The largest absolute Gasteiger partial charge is 0.340 e. The van der Waals surface area contributed by atoms with Gasteiger partial charge in [-0.15, -0.1) is 0 Å². The molecule has 0 aliphatic rings. The fourth-order valence-electron chi connectivity index (χ4n) is 0.906. The molecule has 4 nitrogen and oxygen atoms in total. The first-order valence-electron chi connectivity index (χ1n) is 3.78. The highest BCUT2D eigenvalue weighted by atomic mass is 35.5. The third-order valence-electron chi connectivity index (χ3n) is 1.60. The second-order valence-electron chi connectivity index (χ2n) is 2.52. The van der Waals surface area contributed by atoms with Crippen LogP contribution in [0, 0.1) is 0 Å². The predicted molar refractivity (Wildman–Crippen MR) is 57.6 cm³/mol. The summed E-state index contributed by atoms with van der Waals surface area (Å²) in [4.78, 5) is 11.1. The molecule has 1 rings (SSSR count). The number of carbonyl (C=O) groups excluding carboxylic acids is 1. The molecule has 14 heavy (non-hydrogen) atoms. The fourth-order valence-corrected chi connectivity index (χ4v) is 1.41. The van der Waals surface area contributed by atoms with Crippen LogP contribution in [0.5, 0.6) is 0 Å². The van der Waals surface area contributed by atoms with Crippen molar-refractivity contribution in [3.63, 3.8) is 0 Å². The van der Waals surface area contributed by atoms with Gasteiger partial charge in [-0.25, -0.2) is 15.6 Å². The Hall–Kier alpha value is -0.970. The van der Waals surface area contributed by atoms with Crippen molar-refractivity contribution in [1.29, 1.82) is 0 Å². The van der Waals surface area contributed by atoms with Gasteiger partial charge in [-0.1, -0.05) is 23.2 Å². The Bertz CT molecular complexity index is 356. The molecule has 0 bridgehead atoms. The summed E-state index contributed by atoms with van der Waals surface area (Å²) >= 11 is 11.5. The van der Waals surface area contributed by atoms with Gasteiger partial charge < -0.3 is 5.32 Å². The van der Waals surface area contributed by atoms with Gasteiger partial charge >= 0.3 is 6.03 Å². The average Bonchev–Trinajstić information content (AvgIpc) is 2.15. The van der Waals surface area contributed by atoms with Gasteiger partial charge in [0.15, 0.2) is 0 Å². The summed E-state index contributed by atoms with van der Waals surface area (Å²) in [6.07, 6.45) is 0. The molecule has 0 radical (unpaired) electrons. The van der Waals surface area contributed by atoms with Gasteiger partial charge in [0.05, 0.1) is 10.7 Å². The van der Waals surface area contributed by atoms with E-state index < -0.39 is 6.03 Å². The highest BCUT2D eigenvalue weighted by Crippen LogP contribution is 2.27. The van der Waals surface area contributed by atoms with E-state index in [-0.39, 0.29) is 0 Å². The topological polar surface area (TPSA) is 58.4 Å². The van der Waals surface area contributed by atoms with Crippen molar-refractivity contribution in [2.45, 2.75) is 0 Å². The van der Waals surface area contributed by atoms with Crippen molar-refractivity contribution >= 4 is 34.9 Å². The molecule has 2 amide bonds. The molecule has 6 heteroatoms. The summed E-state index contributed by atoms with van der Waals surface area (Å²) in [7, 11) is 1.48. The van der Waals surface area contributed by atoms with Crippen LogP contribution in [0.1, 0.15) is 0 Å². The summed E-state index contributed by atoms with van der Waals surface area (Å²) in [5.41, 5.74) is 0.399. The Balaban J connectivity index is 3.01. The van der Waals surface area contributed by atoms with Crippen molar-refractivity contribution in [3.8, 4) is 0 Å². The highest BCUT2D eigenvalue weighted by molar-refractivity contribution is 6.36. The van der Waals surface area contributed by atoms with E-state index in [0.717, 1.165) is 5.01 Å². The molecule has 0 saturated heterocycles. The summed E-state index contributed by atoms with van der Waals surface area (Å²) in [5.74, 6) is 5.49. The number of hydrazine groups is 1. The number of amides is 2. The minimum absolute atomic E-state index is 0.323. The molecule has 0 spiro atoms. The minimum atomic E-state index is -0.450. The lowest BCUT2D eigenvalue weighted by Gasteiger charge is -2.17. The van der Waals surface area contributed by atoms with Crippen LogP contribution in [0.4, 0.5) is 10.5 Å². The summed E-state index contributed by atoms with van der Waals surface area (Å²) in [6.45, 7) is 0. The van der Waals surface area contributed by atoms with E-state index >= 15 is 0 Å². The fraction of sp³-hybridized carbons (Fsp3) is 0.125.